The average Bonchev–Trinajstić information content (AvgIpc) is 2.78. The van der Waals surface area contributed by atoms with E-state index in [4.69, 9.17) is 12.2 Å². The Hall–Kier alpha value is -3.21. The Kier molecular flexibility index (Phi) is 7.21. The van der Waals surface area contributed by atoms with E-state index >= 15 is 0 Å². The van der Waals surface area contributed by atoms with Crippen LogP contribution in [-0.4, -0.2) is 47.0 Å². The molecule has 176 valence electrons. The van der Waals surface area contributed by atoms with Gasteiger partial charge in [0.1, 0.15) is 5.69 Å². The van der Waals surface area contributed by atoms with Crippen molar-refractivity contribution in [3.63, 3.8) is 0 Å². The number of alkyl halides is 3. The van der Waals surface area contributed by atoms with Gasteiger partial charge >= 0.3 is 6.18 Å². The summed E-state index contributed by atoms with van der Waals surface area (Å²) in [7, 11) is 0. The first-order valence-corrected chi connectivity index (χ1v) is 10.7. The zero-order valence-electron chi connectivity index (χ0n) is 18.1. The number of halogens is 3. The lowest BCUT2D eigenvalue weighted by Crippen LogP contribution is -2.52. The third-order valence-electron chi connectivity index (χ3n) is 5.47. The zero-order valence-corrected chi connectivity index (χ0v) is 18.9. The highest BCUT2D eigenvalue weighted by atomic mass is 32.1. The van der Waals surface area contributed by atoms with Crippen molar-refractivity contribution in [1.29, 1.82) is 0 Å². The SMILES string of the molecule is CC(C)c1ccc(C(=O)NC(=S)N2CCN(c3ccc(C(F)(F)F)cc3[N+](=O)[O-])CC2)cc1. The number of carbonyl (C=O) groups excluding carboxylic acids is 1. The van der Waals surface area contributed by atoms with Crippen LogP contribution in [0.3, 0.4) is 0 Å². The molecule has 33 heavy (non-hydrogen) atoms. The lowest BCUT2D eigenvalue weighted by Gasteiger charge is -2.37. The Bertz CT molecular complexity index is 1050. The summed E-state index contributed by atoms with van der Waals surface area (Å²) < 4.78 is 38.8. The third-order valence-corrected chi connectivity index (χ3v) is 5.83. The Balaban J connectivity index is 1.63. The molecule has 1 fully saturated rings. The summed E-state index contributed by atoms with van der Waals surface area (Å²) in [5, 5.41) is 14.3. The maximum Gasteiger partial charge on any atom is 0.416 e. The highest BCUT2D eigenvalue weighted by molar-refractivity contribution is 7.80. The van der Waals surface area contributed by atoms with Crippen LogP contribution in [0.4, 0.5) is 24.5 Å². The fraction of sp³-hybridized carbons (Fsp3) is 0.364. The van der Waals surface area contributed by atoms with Gasteiger partial charge < -0.3 is 9.80 Å². The second kappa shape index (κ2) is 9.74. The van der Waals surface area contributed by atoms with Gasteiger partial charge in [0, 0.05) is 37.8 Å². The van der Waals surface area contributed by atoms with Gasteiger partial charge in [0.15, 0.2) is 5.11 Å². The van der Waals surface area contributed by atoms with Gasteiger partial charge in [-0.1, -0.05) is 26.0 Å². The monoisotopic (exact) mass is 480 g/mol. The summed E-state index contributed by atoms with van der Waals surface area (Å²) in [6, 6.07) is 9.75. The number of piperazine rings is 1. The Labute approximate surface area is 194 Å². The number of nitrogens with one attached hydrogen (secondary N) is 1. The molecule has 0 radical (unpaired) electrons. The number of hydrogen-bond acceptors (Lipinski definition) is 5. The van der Waals surface area contributed by atoms with Crippen molar-refractivity contribution in [2.45, 2.75) is 25.9 Å². The summed E-state index contributed by atoms with van der Waals surface area (Å²) >= 11 is 5.34. The van der Waals surface area contributed by atoms with Crippen molar-refractivity contribution in [3.05, 3.63) is 69.3 Å². The number of benzene rings is 2. The van der Waals surface area contributed by atoms with E-state index in [0.717, 1.165) is 17.7 Å². The lowest BCUT2D eigenvalue weighted by atomic mass is 10.0. The van der Waals surface area contributed by atoms with Gasteiger partial charge in [0.2, 0.25) is 0 Å². The first-order valence-electron chi connectivity index (χ1n) is 10.3. The minimum Gasteiger partial charge on any atom is -0.362 e. The molecule has 0 bridgehead atoms. The minimum absolute atomic E-state index is 0.118. The van der Waals surface area contributed by atoms with E-state index in [1.807, 2.05) is 12.1 Å². The van der Waals surface area contributed by atoms with Crippen LogP contribution in [0.25, 0.3) is 0 Å². The highest BCUT2D eigenvalue weighted by Gasteiger charge is 2.34. The predicted octanol–water partition coefficient (Wildman–Crippen LogP) is 4.57. The molecule has 0 spiro atoms. The van der Waals surface area contributed by atoms with Gasteiger partial charge in [-0.25, -0.2) is 0 Å². The molecule has 0 atom stereocenters. The van der Waals surface area contributed by atoms with Crippen LogP contribution in [0.15, 0.2) is 42.5 Å². The van der Waals surface area contributed by atoms with Crippen LogP contribution in [0, 0.1) is 10.1 Å². The summed E-state index contributed by atoms with van der Waals surface area (Å²) in [4.78, 5) is 26.4. The molecule has 1 amide bonds. The van der Waals surface area contributed by atoms with Crippen molar-refractivity contribution < 1.29 is 22.9 Å². The molecule has 0 aromatic heterocycles. The van der Waals surface area contributed by atoms with Gasteiger partial charge in [-0.2, -0.15) is 13.2 Å². The molecule has 1 saturated heterocycles. The molecule has 1 N–H and O–H groups in total. The third kappa shape index (κ3) is 5.78. The van der Waals surface area contributed by atoms with Gasteiger partial charge in [0.05, 0.1) is 10.5 Å². The predicted molar refractivity (Wildman–Crippen MR) is 122 cm³/mol. The molecule has 11 heteroatoms. The largest absolute Gasteiger partial charge is 0.416 e. The fourth-order valence-corrected chi connectivity index (χ4v) is 3.81. The van der Waals surface area contributed by atoms with Crippen LogP contribution in [0.1, 0.15) is 41.3 Å². The maximum absolute atomic E-state index is 12.9. The molecule has 1 heterocycles. The quantitative estimate of drug-likeness (QED) is 0.392. The summed E-state index contributed by atoms with van der Waals surface area (Å²) in [6.07, 6.45) is -4.67. The Morgan fingerprint density at radius 2 is 1.70 bits per heavy atom. The first-order chi connectivity index (χ1) is 15.5. The number of nitro groups is 1. The van der Waals surface area contributed by atoms with Crippen LogP contribution in [0.5, 0.6) is 0 Å². The second-order valence-corrected chi connectivity index (χ2v) is 8.36. The van der Waals surface area contributed by atoms with Crippen LogP contribution < -0.4 is 10.2 Å². The molecular formula is C22H23F3N4O3S. The lowest BCUT2D eigenvalue weighted by molar-refractivity contribution is -0.384. The number of amides is 1. The highest BCUT2D eigenvalue weighted by Crippen LogP contribution is 2.36. The number of rotatable bonds is 4. The molecule has 1 aliphatic heterocycles. The topological polar surface area (TPSA) is 78.7 Å². The number of hydrogen-bond donors (Lipinski definition) is 1. The van der Waals surface area contributed by atoms with Crippen molar-refractivity contribution >= 4 is 34.6 Å². The Morgan fingerprint density at radius 1 is 1.09 bits per heavy atom. The van der Waals surface area contributed by atoms with Crippen LogP contribution in [-0.2, 0) is 6.18 Å². The number of thiocarbonyl (C=S) groups is 1. The van der Waals surface area contributed by atoms with E-state index in [1.165, 1.54) is 0 Å². The maximum atomic E-state index is 12.9. The number of nitrogens with zero attached hydrogens (tertiary/aromatic N) is 3. The molecule has 1 aliphatic rings. The molecule has 3 rings (SSSR count). The number of carbonyl (C=O) groups is 1. The van der Waals surface area contributed by atoms with Gasteiger partial charge in [-0.05, 0) is 48.0 Å². The molecule has 2 aromatic carbocycles. The van der Waals surface area contributed by atoms with Gasteiger partial charge in [-0.15, -0.1) is 0 Å². The second-order valence-electron chi connectivity index (χ2n) is 7.97. The average molecular weight is 481 g/mol. The van der Waals surface area contributed by atoms with E-state index in [1.54, 1.807) is 21.9 Å². The first kappa shape index (κ1) is 24.4. The molecule has 0 unspecified atom stereocenters. The fourth-order valence-electron chi connectivity index (χ4n) is 3.53. The van der Waals surface area contributed by atoms with E-state index < -0.39 is 22.4 Å². The van der Waals surface area contributed by atoms with Gasteiger partial charge in [0.25, 0.3) is 11.6 Å². The number of nitro benzene ring substituents is 1. The standard InChI is InChI=1S/C22H23F3N4O3S/c1-14(2)15-3-5-16(6-4-15)20(30)26-21(33)28-11-9-27(10-12-28)18-8-7-17(22(23,24)25)13-19(18)29(31)32/h3-8,13-14H,9-12H2,1-2H3,(H,26,30,33). The number of anilines is 1. The van der Waals surface area contributed by atoms with E-state index in [2.05, 4.69) is 19.2 Å². The van der Waals surface area contributed by atoms with E-state index in [9.17, 15) is 28.1 Å². The normalized spacial score (nSPS) is 14.4. The van der Waals surface area contributed by atoms with Crippen LogP contribution >= 0.6 is 12.2 Å². The minimum atomic E-state index is -4.67. The van der Waals surface area contributed by atoms with Crippen LogP contribution in [0.2, 0.25) is 0 Å². The van der Waals surface area contributed by atoms with Crippen molar-refractivity contribution in [1.82, 2.24) is 10.2 Å². The summed E-state index contributed by atoms with van der Waals surface area (Å²) in [6.45, 7) is 5.41. The molecule has 2 aromatic rings. The summed E-state index contributed by atoms with van der Waals surface area (Å²) in [5.41, 5.74) is 0.0390. The molecule has 0 aliphatic carbocycles. The van der Waals surface area contributed by atoms with Gasteiger partial charge in [-0.3, -0.25) is 20.2 Å². The summed E-state index contributed by atoms with van der Waals surface area (Å²) in [5.74, 6) is 0.0103. The Morgan fingerprint density at radius 3 is 2.21 bits per heavy atom. The molecular weight excluding hydrogens is 457 g/mol. The van der Waals surface area contributed by atoms with Crippen molar-refractivity contribution in [2.75, 3.05) is 31.1 Å². The van der Waals surface area contributed by atoms with E-state index in [0.29, 0.717) is 43.7 Å². The smallest absolute Gasteiger partial charge is 0.362 e. The van der Waals surface area contributed by atoms with E-state index in [-0.39, 0.29) is 16.7 Å². The zero-order chi connectivity index (χ0) is 24.3. The molecule has 0 saturated carbocycles. The van der Waals surface area contributed by atoms with Crippen molar-refractivity contribution in [2.24, 2.45) is 0 Å². The molecule has 7 nitrogen and oxygen atoms in total. The van der Waals surface area contributed by atoms with Crippen molar-refractivity contribution in [3.8, 4) is 0 Å².